The van der Waals surface area contributed by atoms with Crippen molar-refractivity contribution in [1.29, 1.82) is 0 Å². The fourth-order valence-electron chi connectivity index (χ4n) is 3.43. The van der Waals surface area contributed by atoms with Gasteiger partial charge in [-0.15, -0.1) is 16.8 Å². The topological polar surface area (TPSA) is 103 Å². The summed E-state index contributed by atoms with van der Waals surface area (Å²) in [5.41, 5.74) is -0.516. The molecule has 0 bridgehead atoms. The number of hydrogen-bond donors (Lipinski definition) is 1. The molecule has 1 heterocycles. The van der Waals surface area contributed by atoms with Crippen molar-refractivity contribution in [2.75, 3.05) is 11.1 Å². The lowest BCUT2D eigenvalue weighted by Crippen LogP contribution is -2.16. The molecule has 10 heteroatoms. The number of allylic oxidation sites excluding steroid dienone is 1. The largest absolute Gasteiger partial charge is 0.325 e. The second-order valence-corrected chi connectivity index (χ2v) is 7.78. The van der Waals surface area contributed by atoms with E-state index in [1.165, 1.54) is 37.1 Å². The normalized spacial score (nSPS) is 14.5. The molecule has 0 saturated heterocycles. The number of nitrogens with zero attached hydrogens (tertiary/aromatic N) is 4. The Morgan fingerprint density at radius 2 is 2.14 bits per heavy atom. The van der Waals surface area contributed by atoms with Crippen molar-refractivity contribution in [3.05, 3.63) is 52.6 Å². The molecule has 1 N–H and O–H groups in total. The molecule has 0 aliphatic heterocycles. The molecule has 1 fully saturated rings. The number of nitro benzene ring substituents is 1. The van der Waals surface area contributed by atoms with Gasteiger partial charge in [0.2, 0.25) is 11.7 Å². The van der Waals surface area contributed by atoms with E-state index in [2.05, 4.69) is 22.1 Å². The lowest BCUT2D eigenvalue weighted by Gasteiger charge is -2.21. The predicted octanol–water partition coefficient (Wildman–Crippen LogP) is 4.29. The highest BCUT2D eigenvalue weighted by atomic mass is 32.2. The SMILES string of the molecule is C=CCn1c(SCC(=O)Nc2ccc(F)c([N+](=O)[O-])c2)nnc1C1CCCCC1. The first-order valence-corrected chi connectivity index (χ1v) is 10.4. The highest BCUT2D eigenvalue weighted by molar-refractivity contribution is 7.99. The minimum Gasteiger partial charge on any atom is -0.325 e. The van der Waals surface area contributed by atoms with Crippen molar-refractivity contribution in [2.45, 2.75) is 49.7 Å². The number of halogens is 1. The summed E-state index contributed by atoms with van der Waals surface area (Å²) in [4.78, 5) is 22.3. The van der Waals surface area contributed by atoms with Gasteiger partial charge in [0.15, 0.2) is 5.16 Å². The van der Waals surface area contributed by atoms with Crippen LogP contribution in [0.4, 0.5) is 15.8 Å². The Bertz CT molecular complexity index is 911. The molecule has 8 nitrogen and oxygen atoms in total. The number of thioether (sulfide) groups is 1. The third-order valence-corrected chi connectivity index (χ3v) is 5.75. The second kappa shape index (κ2) is 9.64. The zero-order valence-electron chi connectivity index (χ0n) is 15.8. The molecule has 0 radical (unpaired) electrons. The lowest BCUT2D eigenvalue weighted by molar-refractivity contribution is -0.387. The van der Waals surface area contributed by atoms with E-state index in [9.17, 15) is 19.3 Å². The molecule has 1 saturated carbocycles. The third kappa shape index (κ3) is 5.20. The fourth-order valence-corrected chi connectivity index (χ4v) is 4.18. The van der Waals surface area contributed by atoms with E-state index in [1.54, 1.807) is 6.08 Å². The zero-order chi connectivity index (χ0) is 20.8. The minimum atomic E-state index is -0.949. The monoisotopic (exact) mass is 419 g/mol. The van der Waals surface area contributed by atoms with Gasteiger partial charge in [-0.2, -0.15) is 4.39 Å². The molecule has 29 heavy (non-hydrogen) atoms. The molecule has 1 amide bonds. The maximum Gasteiger partial charge on any atom is 0.306 e. The molecule has 0 atom stereocenters. The van der Waals surface area contributed by atoms with E-state index < -0.39 is 16.4 Å². The van der Waals surface area contributed by atoms with E-state index in [0.717, 1.165) is 30.8 Å². The van der Waals surface area contributed by atoms with E-state index in [4.69, 9.17) is 0 Å². The van der Waals surface area contributed by atoms with Crippen LogP contribution in [0, 0.1) is 15.9 Å². The van der Waals surface area contributed by atoms with Crippen LogP contribution in [-0.4, -0.2) is 31.3 Å². The van der Waals surface area contributed by atoms with E-state index >= 15 is 0 Å². The lowest BCUT2D eigenvalue weighted by atomic mass is 9.89. The summed E-state index contributed by atoms with van der Waals surface area (Å²) in [6, 6.07) is 3.24. The van der Waals surface area contributed by atoms with Crippen LogP contribution < -0.4 is 5.32 Å². The third-order valence-electron chi connectivity index (χ3n) is 4.79. The van der Waals surface area contributed by atoms with Gasteiger partial charge < -0.3 is 9.88 Å². The summed E-state index contributed by atoms with van der Waals surface area (Å²) in [5.74, 6) is 0.0321. The summed E-state index contributed by atoms with van der Waals surface area (Å²) >= 11 is 1.23. The molecule has 1 aromatic carbocycles. The van der Waals surface area contributed by atoms with Gasteiger partial charge in [-0.05, 0) is 25.0 Å². The van der Waals surface area contributed by atoms with Crippen molar-refractivity contribution in [2.24, 2.45) is 0 Å². The number of benzene rings is 1. The first-order valence-electron chi connectivity index (χ1n) is 9.40. The van der Waals surface area contributed by atoms with Crippen LogP contribution >= 0.6 is 11.8 Å². The molecule has 1 aliphatic carbocycles. The number of rotatable bonds is 8. The average molecular weight is 419 g/mol. The fraction of sp³-hybridized carbons (Fsp3) is 0.421. The van der Waals surface area contributed by atoms with Gasteiger partial charge >= 0.3 is 5.69 Å². The van der Waals surface area contributed by atoms with Gasteiger partial charge in [-0.3, -0.25) is 14.9 Å². The van der Waals surface area contributed by atoms with Crippen LogP contribution in [0.1, 0.15) is 43.8 Å². The van der Waals surface area contributed by atoms with Crippen molar-refractivity contribution in [1.82, 2.24) is 14.8 Å². The Kier molecular flexibility index (Phi) is 6.97. The van der Waals surface area contributed by atoms with Crippen LogP contribution in [0.2, 0.25) is 0 Å². The number of amides is 1. The van der Waals surface area contributed by atoms with Gasteiger partial charge in [-0.1, -0.05) is 37.1 Å². The molecule has 1 aromatic heterocycles. The van der Waals surface area contributed by atoms with Crippen LogP contribution in [-0.2, 0) is 11.3 Å². The second-order valence-electron chi connectivity index (χ2n) is 6.84. The first-order chi connectivity index (χ1) is 14.0. The van der Waals surface area contributed by atoms with Crippen molar-refractivity contribution in [3.63, 3.8) is 0 Å². The predicted molar refractivity (Wildman–Crippen MR) is 108 cm³/mol. The Balaban J connectivity index is 1.65. The molecule has 0 unspecified atom stereocenters. The summed E-state index contributed by atoms with van der Waals surface area (Å²) in [5, 5.41) is 22.6. The van der Waals surface area contributed by atoms with Gasteiger partial charge in [0.05, 0.1) is 10.7 Å². The number of aromatic nitrogens is 3. The van der Waals surface area contributed by atoms with Gasteiger partial charge in [0, 0.05) is 24.2 Å². The summed E-state index contributed by atoms with van der Waals surface area (Å²) in [7, 11) is 0. The number of nitro groups is 1. The van der Waals surface area contributed by atoms with Crippen molar-refractivity contribution >= 4 is 29.0 Å². The summed E-state index contributed by atoms with van der Waals surface area (Å²) in [6.45, 7) is 4.36. The van der Waals surface area contributed by atoms with Crippen molar-refractivity contribution < 1.29 is 14.1 Å². The van der Waals surface area contributed by atoms with Crippen LogP contribution in [0.25, 0.3) is 0 Å². The van der Waals surface area contributed by atoms with Crippen LogP contribution in [0.5, 0.6) is 0 Å². The van der Waals surface area contributed by atoms with Crippen LogP contribution in [0.3, 0.4) is 0 Å². The first kappa shape index (κ1) is 21.0. The average Bonchev–Trinajstić information content (AvgIpc) is 3.11. The number of carbonyl (C=O) groups is 1. The molecular weight excluding hydrogens is 397 g/mol. The zero-order valence-corrected chi connectivity index (χ0v) is 16.7. The van der Waals surface area contributed by atoms with Crippen LogP contribution in [0.15, 0.2) is 36.0 Å². The van der Waals surface area contributed by atoms with E-state index in [-0.39, 0.29) is 17.3 Å². The van der Waals surface area contributed by atoms with E-state index in [0.29, 0.717) is 17.6 Å². The maximum atomic E-state index is 13.4. The van der Waals surface area contributed by atoms with Gasteiger partial charge in [0.1, 0.15) is 5.82 Å². The summed E-state index contributed by atoms with van der Waals surface area (Å²) in [6.07, 6.45) is 7.56. The molecule has 1 aliphatic rings. The Morgan fingerprint density at radius 3 is 2.83 bits per heavy atom. The van der Waals surface area contributed by atoms with E-state index in [1.807, 2.05) is 4.57 Å². The maximum absolute atomic E-state index is 13.4. The highest BCUT2D eigenvalue weighted by Gasteiger charge is 2.23. The summed E-state index contributed by atoms with van der Waals surface area (Å²) < 4.78 is 15.4. The number of anilines is 1. The number of nitrogens with one attached hydrogen (secondary N) is 1. The molecule has 154 valence electrons. The molecule has 3 rings (SSSR count). The Labute approximate surface area is 171 Å². The van der Waals surface area contributed by atoms with Gasteiger partial charge in [-0.25, -0.2) is 0 Å². The number of hydrogen-bond acceptors (Lipinski definition) is 6. The number of carbonyl (C=O) groups excluding carboxylic acids is 1. The highest BCUT2D eigenvalue weighted by Crippen LogP contribution is 2.33. The standard InChI is InChI=1S/C19H22FN5O3S/c1-2-10-24-18(13-6-4-3-5-7-13)22-23-19(24)29-12-17(26)21-14-8-9-15(20)16(11-14)25(27)28/h2,8-9,11,13H,1,3-7,10,12H2,(H,21,26). The Morgan fingerprint density at radius 1 is 1.38 bits per heavy atom. The molecule has 2 aromatic rings. The minimum absolute atomic E-state index is 0.0467. The molecular formula is C19H22FN5O3S. The van der Waals surface area contributed by atoms with Crippen molar-refractivity contribution in [3.8, 4) is 0 Å². The smallest absolute Gasteiger partial charge is 0.306 e. The molecule has 0 spiro atoms. The Hall–Kier alpha value is -2.75. The van der Waals surface area contributed by atoms with Gasteiger partial charge in [0.25, 0.3) is 0 Å². The quantitative estimate of drug-likeness (QED) is 0.296.